The summed E-state index contributed by atoms with van der Waals surface area (Å²) in [6.45, 7) is 4.40. The van der Waals surface area contributed by atoms with Gasteiger partial charge in [-0.3, -0.25) is 0 Å². The predicted molar refractivity (Wildman–Crippen MR) is 114 cm³/mol. The fraction of sp³-hybridized carbons (Fsp3) is 0.273. The van der Waals surface area contributed by atoms with Crippen LogP contribution < -0.4 is 9.47 Å². The molecule has 0 aliphatic rings. The van der Waals surface area contributed by atoms with E-state index in [1.54, 1.807) is 6.07 Å². The van der Waals surface area contributed by atoms with E-state index in [1.807, 2.05) is 48.7 Å². The first-order chi connectivity index (χ1) is 14.9. The monoisotopic (exact) mass is 421 g/mol. The van der Waals surface area contributed by atoms with E-state index in [0.717, 1.165) is 35.2 Å². The van der Waals surface area contributed by atoms with Gasteiger partial charge < -0.3 is 19.1 Å². The predicted octanol–water partition coefficient (Wildman–Crippen LogP) is 3.53. The maximum Gasteiger partial charge on any atom is 0.347 e. The number of nitrogens with one attached hydrogen (secondary N) is 1. The molecule has 160 valence electrons. The molecule has 0 saturated heterocycles. The summed E-state index contributed by atoms with van der Waals surface area (Å²) in [6.07, 6.45) is 2.78. The molecule has 0 spiro atoms. The summed E-state index contributed by atoms with van der Waals surface area (Å²) in [6, 6.07) is 15.1. The van der Waals surface area contributed by atoms with Crippen molar-refractivity contribution in [2.45, 2.75) is 32.4 Å². The van der Waals surface area contributed by atoms with Gasteiger partial charge in [-0.2, -0.15) is 5.21 Å². The number of ether oxygens (including phenoxy) is 2. The number of carbonyl (C=O) groups is 1. The number of hydrogen-bond donors (Lipinski definition) is 2. The first-order valence-corrected chi connectivity index (χ1v) is 9.91. The number of hydrogen-bond acceptors (Lipinski definition) is 6. The molecule has 0 aliphatic heterocycles. The second kappa shape index (κ2) is 8.47. The molecule has 0 fully saturated rings. The lowest BCUT2D eigenvalue weighted by atomic mass is 10.1. The Kier molecular flexibility index (Phi) is 5.57. The highest BCUT2D eigenvalue weighted by Crippen LogP contribution is 2.30. The van der Waals surface area contributed by atoms with Gasteiger partial charge in [-0.05, 0) is 67.9 Å². The number of aryl methyl sites for hydroxylation is 1. The molecule has 2 aromatic heterocycles. The Morgan fingerprint density at radius 1 is 1.16 bits per heavy atom. The van der Waals surface area contributed by atoms with Crippen LogP contribution >= 0.6 is 0 Å². The minimum atomic E-state index is -1.30. The van der Waals surface area contributed by atoms with Crippen LogP contribution in [0.4, 0.5) is 0 Å². The molecule has 4 rings (SSSR count). The van der Waals surface area contributed by atoms with E-state index in [-0.39, 0.29) is 0 Å². The van der Waals surface area contributed by atoms with Gasteiger partial charge >= 0.3 is 5.97 Å². The third-order valence-corrected chi connectivity index (χ3v) is 4.92. The number of rotatable bonds is 9. The van der Waals surface area contributed by atoms with Crippen molar-refractivity contribution in [2.24, 2.45) is 0 Å². The highest BCUT2D eigenvalue weighted by Gasteiger charge is 2.30. The number of aromatic amines is 1. The van der Waals surface area contributed by atoms with Crippen LogP contribution in [0.15, 0.2) is 54.7 Å². The third kappa shape index (κ3) is 4.50. The van der Waals surface area contributed by atoms with Crippen molar-refractivity contribution in [3.05, 3.63) is 54.7 Å². The number of tetrazole rings is 1. The lowest BCUT2D eigenvalue weighted by molar-refractivity contribution is -0.152. The maximum absolute atomic E-state index is 11.4. The standard InChI is InChI=1S/C22H23N5O4/c1-22(2,21(28)29)31-19-6-3-5-18-17(19)11-13-27(18)12-4-14-30-16-9-7-15(8-10-16)20-23-25-26-24-20/h3,5-11,13H,4,12,14H2,1-2H3,(H,28,29)(H,23,24,25,26). The Morgan fingerprint density at radius 2 is 1.97 bits per heavy atom. The number of aromatic nitrogens is 5. The number of nitrogens with zero attached hydrogens (tertiary/aromatic N) is 4. The largest absolute Gasteiger partial charge is 0.494 e. The van der Waals surface area contributed by atoms with Gasteiger partial charge in [0.05, 0.1) is 12.1 Å². The quantitative estimate of drug-likeness (QED) is 0.397. The molecule has 0 atom stereocenters. The van der Waals surface area contributed by atoms with Crippen molar-refractivity contribution < 1.29 is 19.4 Å². The van der Waals surface area contributed by atoms with Crippen LogP contribution in [0.5, 0.6) is 11.5 Å². The highest BCUT2D eigenvalue weighted by atomic mass is 16.5. The summed E-state index contributed by atoms with van der Waals surface area (Å²) < 4.78 is 13.7. The fourth-order valence-electron chi connectivity index (χ4n) is 3.21. The van der Waals surface area contributed by atoms with Crippen molar-refractivity contribution in [2.75, 3.05) is 6.61 Å². The van der Waals surface area contributed by atoms with Gasteiger partial charge in [-0.1, -0.05) is 6.07 Å². The zero-order chi connectivity index (χ0) is 21.8. The smallest absolute Gasteiger partial charge is 0.347 e. The van der Waals surface area contributed by atoms with Crippen LogP contribution in [0.1, 0.15) is 20.3 Å². The Morgan fingerprint density at radius 3 is 2.68 bits per heavy atom. The minimum Gasteiger partial charge on any atom is -0.494 e. The van der Waals surface area contributed by atoms with Crippen LogP contribution in [-0.2, 0) is 11.3 Å². The molecule has 31 heavy (non-hydrogen) atoms. The van der Waals surface area contributed by atoms with Gasteiger partial charge in [-0.15, -0.1) is 10.2 Å². The molecule has 0 saturated carbocycles. The average molecular weight is 421 g/mol. The normalized spacial score (nSPS) is 11.5. The molecule has 0 aliphatic carbocycles. The Labute approximate surface area is 178 Å². The molecular formula is C22H23N5O4. The van der Waals surface area contributed by atoms with Crippen molar-refractivity contribution >= 4 is 16.9 Å². The second-order valence-electron chi connectivity index (χ2n) is 7.58. The minimum absolute atomic E-state index is 0.543. The van der Waals surface area contributed by atoms with E-state index in [0.29, 0.717) is 18.2 Å². The second-order valence-corrected chi connectivity index (χ2v) is 7.58. The average Bonchev–Trinajstić information content (AvgIpc) is 3.42. The SMILES string of the molecule is CC(C)(Oc1cccc2c1ccn2CCCOc1ccc(-c2nn[nH]n2)cc1)C(=O)O. The number of fused-ring (bicyclic) bond motifs is 1. The van der Waals surface area contributed by atoms with E-state index in [4.69, 9.17) is 9.47 Å². The Hall–Kier alpha value is -3.88. The summed E-state index contributed by atoms with van der Waals surface area (Å²) in [5.41, 5.74) is 0.552. The van der Waals surface area contributed by atoms with Gasteiger partial charge in [0.2, 0.25) is 5.82 Å². The molecule has 0 radical (unpaired) electrons. The van der Waals surface area contributed by atoms with Crippen LogP contribution in [-0.4, -0.2) is 48.5 Å². The van der Waals surface area contributed by atoms with E-state index in [2.05, 4.69) is 25.2 Å². The Balaban J connectivity index is 1.35. The summed E-state index contributed by atoms with van der Waals surface area (Å²) in [5, 5.41) is 24.1. The molecule has 2 aromatic carbocycles. The topological polar surface area (TPSA) is 115 Å². The number of carboxylic acids is 1. The summed E-state index contributed by atoms with van der Waals surface area (Å²) >= 11 is 0. The lowest BCUT2D eigenvalue weighted by Gasteiger charge is -2.22. The summed E-state index contributed by atoms with van der Waals surface area (Å²) in [4.78, 5) is 11.4. The fourth-order valence-corrected chi connectivity index (χ4v) is 3.21. The number of aliphatic carboxylic acids is 1. The van der Waals surface area contributed by atoms with Crippen LogP contribution in [0, 0.1) is 0 Å². The zero-order valence-electron chi connectivity index (χ0n) is 17.3. The Bertz CT molecular complexity index is 1170. The van der Waals surface area contributed by atoms with Crippen molar-refractivity contribution in [1.29, 1.82) is 0 Å². The van der Waals surface area contributed by atoms with Gasteiger partial charge in [-0.25, -0.2) is 4.79 Å². The van der Waals surface area contributed by atoms with Gasteiger partial charge in [0.1, 0.15) is 11.5 Å². The molecule has 0 amide bonds. The highest BCUT2D eigenvalue weighted by molar-refractivity contribution is 5.87. The van der Waals surface area contributed by atoms with Gasteiger partial charge in [0, 0.05) is 23.7 Å². The first-order valence-electron chi connectivity index (χ1n) is 9.91. The van der Waals surface area contributed by atoms with Crippen LogP contribution in [0.2, 0.25) is 0 Å². The van der Waals surface area contributed by atoms with E-state index in [9.17, 15) is 9.90 Å². The summed E-state index contributed by atoms with van der Waals surface area (Å²) in [5.74, 6) is 0.866. The molecule has 4 aromatic rings. The third-order valence-electron chi connectivity index (χ3n) is 4.92. The first kappa shape index (κ1) is 20.4. The number of H-pyrrole nitrogens is 1. The van der Waals surface area contributed by atoms with E-state index >= 15 is 0 Å². The van der Waals surface area contributed by atoms with E-state index < -0.39 is 11.6 Å². The molecule has 0 bridgehead atoms. The van der Waals surface area contributed by atoms with Crippen molar-refractivity contribution in [1.82, 2.24) is 25.2 Å². The number of benzene rings is 2. The number of carboxylic acid groups (broad SMARTS) is 1. The lowest BCUT2D eigenvalue weighted by Crippen LogP contribution is -2.37. The summed E-state index contributed by atoms with van der Waals surface area (Å²) in [7, 11) is 0. The van der Waals surface area contributed by atoms with Gasteiger partial charge in [0.15, 0.2) is 5.60 Å². The molecular weight excluding hydrogens is 398 g/mol. The van der Waals surface area contributed by atoms with Crippen molar-refractivity contribution in [3.63, 3.8) is 0 Å². The molecule has 9 heteroatoms. The van der Waals surface area contributed by atoms with Crippen LogP contribution in [0.3, 0.4) is 0 Å². The van der Waals surface area contributed by atoms with E-state index in [1.165, 1.54) is 13.8 Å². The maximum atomic E-state index is 11.4. The molecule has 0 unspecified atom stereocenters. The molecule has 2 N–H and O–H groups in total. The zero-order valence-corrected chi connectivity index (χ0v) is 17.3. The van der Waals surface area contributed by atoms with Crippen molar-refractivity contribution in [3.8, 4) is 22.9 Å². The van der Waals surface area contributed by atoms with Crippen LogP contribution in [0.25, 0.3) is 22.3 Å². The van der Waals surface area contributed by atoms with Gasteiger partial charge in [0.25, 0.3) is 0 Å². The molecule has 9 nitrogen and oxygen atoms in total. The molecule has 2 heterocycles.